The van der Waals surface area contributed by atoms with E-state index < -0.39 is 23.5 Å². The van der Waals surface area contributed by atoms with Crippen molar-refractivity contribution in [2.45, 2.75) is 19.4 Å². The molecule has 1 amide bonds. The molecule has 0 aliphatic carbocycles. The van der Waals surface area contributed by atoms with Crippen molar-refractivity contribution < 1.29 is 28.6 Å². The molecule has 2 heterocycles. The van der Waals surface area contributed by atoms with Crippen LogP contribution in [-0.2, 0) is 11.2 Å². The molecule has 0 saturated carbocycles. The van der Waals surface area contributed by atoms with E-state index in [-0.39, 0.29) is 11.3 Å². The van der Waals surface area contributed by atoms with Crippen molar-refractivity contribution in [3.8, 4) is 11.5 Å². The van der Waals surface area contributed by atoms with Gasteiger partial charge in [0.15, 0.2) is 22.9 Å². The van der Waals surface area contributed by atoms with E-state index in [1.54, 1.807) is 55.6 Å². The number of ether oxygens (including phenoxy) is 2. The van der Waals surface area contributed by atoms with Crippen LogP contribution in [-0.4, -0.2) is 31.0 Å². The summed E-state index contributed by atoms with van der Waals surface area (Å²) in [6.45, 7) is 2.04. The predicted molar refractivity (Wildman–Crippen MR) is 136 cm³/mol. The van der Waals surface area contributed by atoms with E-state index in [9.17, 15) is 14.7 Å². The van der Waals surface area contributed by atoms with E-state index in [4.69, 9.17) is 13.9 Å². The number of amides is 1. The number of benzene rings is 3. The highest BCUT2D eigenvalue weighted by Gasteiger charge is 2.45. The lowest BCUT2D eigenvalue weighted by molar-refractivity contribution is -0.117. The summed E-state index contributed by atoms with van der Waals surface area (Å²) in [5.74, 6) is -0.716. The Labute approximate surface area is 208 Å². The van der Waals surface area contributed by atoms with E-state index in [2.05, 4.69) is 0 Å². The van der Waals surface area contributed by atoms with Crippen LogP contribution in [0, 0.1) is 0 Å². The molecular weight excluding hydrogens is 458 g/mol. The molecule has 0 radical (unpaired) electrons. The first-order valence-corrected chi connectivity index (χ1v) is 11.6. The van der Waals surface area contributed by atoms with Crippen LogP contribution in [0.2, 0.25) is 0 Å². The molecule has 1 aliphatic rings. The molecule has 1 aliphatic heterocycles. The SMILES string of the molecule is CCc1ccc(N2C(=O)C(O)=C(C(=O)c3cc4cccc(OC)c4o3)C2c2ccc(OC)cc2)cc1. The highest BCUT2D eigenvalue weighted by atomic mass is 16.5. The molecule has 0 fully saturated rings. The Balaban J connectivity index is 1.64. The monoisotopic (exact) mass is 483 g/mol. The van der Waals surface area contributed by atoms with Crippen molar-refractivity contribution in [2.75, 3.05) is 19.1 Å². The maximum absolute atomic E-state index is 13.8. The number of nitrogens with zero attached hydrogens (tertiary/aromatic N) is 1. The number of aryl methyl sites for hydroxylation is 1. The van der Waals surface area contributed by atoms with Gasteiger partial charge in [0.2, 0.25) is 5.78 Å². The number of aliphatic hydroxyl groups excluding tert-OH is 1. The molecule has 1 atom stereocenters. The first-order chi connectivity index (χ1) is 17.5. The van der Waals surface area contributed by atoms with Gasteiger partial charge in [-0.3, -0.25) is 14.5 Å². The van der Waals surface area contributed by atoms with Gasteiger partial charge in [-0.2, -0.15) is 0 Å². The number of aliphatic hydroxyl groups is 1. The lowest BCUT2D eigenvalue weighted by Crippen LogP contribution is -2.31. The van der Waals surface area contributed by atoms with Crippen molar-refractivity contribution in [3.05, 3.63) is 101 Å². The van der Waals surface area contributed by atoms with Crippen LogP contribution >= 0.6 is 0 Å². The van der Waals surface area contributed by atoms with E-state index >= 15 is 0 Å². The Hall–Kier alpha value is -4.52. The lowest BCUT2D eigenvalue weighted by atomic mass is 9.94. The van der Waals surface area contributed by atoms with Crippen molar-refractivity contribution >= 4 is 28.3 Å². The second-order valence-electron chi connectivity index (χ2n) is 8.45. The Bertz CT molecular complexity index is 1480. The Morgan fingerprint density at radius 1 is 1.00 bits per heavy atom. The third kappa shape index (κ3) is 3.79. The zero-order chi connectivity index (χ0) is 25.4. The smallest absolute Gasteiger partial charge is 0.294 e. The van der Waals surface area contributed by atoms with E-state index in [1.807, 2.05) is 31.2 Å². The molecule has 0 bridgehead atoms. The standard InChI is InChI=1S/C29H25NO6/c1-4-17-8-12-20(13-9-17)30-25(18-10-14-21(34-2)15-11-18)24(27(32)29(30)33)26(31)23-16-19-6-5-7-22(35-3)28(19)36-23/h5-16,25,32H,4H2,1-3H3. The maximum Gasteiger partial charge on any atom is 0.294 e. The summed E-state index contributed by atoms with van der Waals surface area (Å²) in [6.07, 6.45) is 0.846. The number of rotatable bonds is 7. The summed E-state index contributed by atoms with van der Waals surface area (Å²) in [5.41, 5.74) is 2.68. The van der Waals surface area contributed by atoms with Crippen molar-refractivity contribution in [1.82, 2.24) is 0 Å². The normalized spacial score (nSPS) is 15.6. The zero-order valence-corrected chi connectivity index (χ0v) is 20.1. The molecule has 5 rings (SSSR count). The van der Waals surface area contributed by atoms with Gasteiger partial charge in [-0.15, -0.1) is 0 Å². The fourth-order valence-electron chi connectivity index (χ4n) is 4.54. The Morgan fingerprint density at radius 3 is 2.36 bits per heavy atom. The fraction of sp³-hybridized carbons (Fsp3) is 0.172. The summed E-state index contributed by atoms with van der Waals surface area (Å²) in [5, 5.41) is 11.7. The minimum atomic E-state index is -0.863. The molecule has 1 aromatic heterocycles. The minimum absolute atomic E-state index is 0.00513. The van der Waals surface area contributed by atoms with E-state index in [1.165, 1.54) is 12.0 Å². The minimum Gasteiger partial charge on any atom is -0.503 e. The molecule has 36 heavy (non-hydrogen) atoms. The van der Waals surface area contributed by atoms with Gasteiger partial charge in [0.05, 0.1) is 25.8 Å². The molecule has 0 saturated heterocycles. The number of methoxy groups -OCH3 is 2. The van der Waals surface area contributed by atoms with Crippen LogP contribution < -0.4 is 14.4 Å². The number of furan rings is 1. The second kappa shape index (κ2) is 9.26. The van der Waals surface area contributed by atoms with E-state index in [0.29, 0.717) is 33.7 Å². The van der Waals surface area contributed by atoms with Crippen LogP contribution in [0.4, 0.5) is 5.69 Å². The van der Waals surface area contributed by atoms with Crippen LogP contribution in [0.3, 0.4) is 0 Å². The third-order valence-electron chi connectivity index (χ3n) is 6.46. The molecule has 7 nitrogen and oxygen atoms in total. The number of hydrogen-bond acceptors (Lipinski definition) is 6. The zero-order valence-electron chi connectivity index (χ0n) is 20.1. The van der Waals surface area contributed by atoms with Gasteiger partial charge in [-0.1, -0.05) is 43.3 Å². The van der Waals surface area contributed by atoms with Gasteiger partial charge in [0.25, 0.3) is 5.91 Å². The lowest BCUT2D eigenvalue weighted by Gasteiger charge is -2.27. The number of para-hydroxylation sites is 1. The summed E-state index contributed by atoms with van der Waals surface area (Å²) in [6, 6.07) is 20.6. The van der Waals surface area contributed by atoms with Gasteiger partial charge in [-0.05, 0) is 53.9 Å². The van der Waals surface area contributed by atoms with E-state index in [0.717, 1.165) is 12.0 Å². The van der Waals surface area contributed by atoms with Crippen LogP contribution in [0.5, 0.6) is 11.5 Å². The molecule has 1 unspecified atom stereocenters. The van der Waals surface area contributed by atoms with Crippen LogP contribution in [0.1, 0.15) is 34.6 Å². The average molecular weight is 484 g/mol. The highest BCUT2D eigenvalue weighted by molar-refractivity contribution is 6.20. The Morgan fingerprint density at radius 2 is 1.72 bits per heavy atom. The fourth-order valence-corrected chi connectivity index (χ4v) is 4.54. The number of carbonyl (C=O) groups is 2. The van der Waals surface area contributed by atoms with Crippen LogP contribution in [0.15, 0.2) is 88.5 Å². The topological polar surface area (TPSA) is 89.2 Å². The average Bonchev–Trinajstić information content (AvgIpc) is 3.47. The molecule has 7 heteroatoms. The first-order valence-electron chi connectivity index (χ1n) is 11.6. The van der Waals surface area contributed by atoms with Crippen molar-refractivity contribution in [3.63, 3.8) is 0 Å². The predicted octanol–water partition coefficient (Wildman–Crippen LogP) is 5.80. The van der Waals surface area contributed by atoms with Gasteiger partial charge >= 0.3 is 0 Å². The van der Waals surface area contributed by atoms with Gasteiger partial charge in [0, 0.05) is 11.1 Å². The highest BCUT2D eigenvalue weighted by Crippen LogP contribution is 2.43. The molecule has 4 aromatic rings. The second-order valence-corrected chi connectivity index (χ2v) is 8.45. The maximum atomic E-state index is 13.8. The third-order valence-corrected chi connectivity index (χ3v) is 6.46. The molecule has 3 aromatic carbocycles. The number of ketones is 1. The molecule has 0 spiro atoms. The van der Waals surface area contributed by atoms with Gasteiger partial charge in [0.1, 0.15) is 5.75 Å². The molecular formula is C29H25NO6. The molecule has 1 N–H and O–H groups in total. The number of fused-ring (bicyclic) bond motifs is 1. The number of Topliss-reactive ketones (excluding diaryl/α,β-unsaturated/α-hetero) is 1. The quantitative estimate of drug-likeness (QED) is 0.335. The van der Waals surface area contributed by atoms with Gasteiger partial charge in [-0.25, -0.2) is 0 Å². The number of carbonyl (C=O) groups excluding carboxylic acids is 2. The Kier molecular flexibility index (Phi) is 5.98. The van der Waals surface area contributed by atoms with Crippen molar-refractivity contribution in [1.29, 1.82) is 0 Å². The van der Waals surface area contributed by atoms with Crippen LogP contribution in [0.25, 0.3) is 11.0 Å². The van der Waals surface area contributed by atoms with Gasteiger partial charge < -0.3 is 19.0 Å². The first kappa shape index (κ1) is 23.2. The number of hydrogen-bond donors (Lipinski definition) is 1. The summed E-state index contributed by atoms with van der Waals surface area (Å²) >= 11 is 0. The summed E-state index contributed by atoms with van der Waals surface area (Å²) in [7, 11) is 3.08. The molecule has 182 valence electrons. The largest absolute Gasteiger partial charge is 0.503 e. The number of anilines is 1. The summed E-state index contributed by atoms with van der Waals surface area (Å²) < 4.78 is 16.5. The summed E-state index contributed by atoms with van der Waals surface area (Å²) in [4.78, 5) is 28.6. The van der Waals surface area contributed by atoms with Crippen molar-refractivity contribution in [2.24, 2.45) is 0 Å².